The van der Waals surface area contributed by atoms with E-state index in [1.807, 2.05) is 31.9 Å². The van der Waals surface area contributed by atoms with Gasteiger partial charge >= 0.3 is 0 Å². The Morgan fingerprint density at radius 1 is 1.20 bits per heavy atom. The average Bonchev–Trinajstić information content (AvgIpc) is 2.38. The molecule has 0 aliphatic rings. The molecule has 0 heterocycles. The van der Waals surface area contributed by atoms with E-state index in [1.54, 1.807) is 4.90 Å². The highest BCUT2D eigenvalue weighted by Gasteiger charge is 2.13. The van der Waals surface area contributed by atoms with Crippen LogP contribution >= 0.6 is 0 Å². The normalized spacial score (nSPS) is 10.9. The quantitative estimate of drug-likeness (QED) is 0.825. The summed E-state index contributed by atoms with van der Waals surface area (Å²) in [5.74, 6) is -0.195. The molecule has 0 aliphatic heterocycles. The van der Waals surface area contributed by atoms with E-state index in [9.17, 15) is 9.18 Å². The third-order valence-electron chi connectivity index (χ3n) is 3.23. The first-order chi connectivity index (χ1) is 9.49. The van der Waals surface area contributed by atoms with E-state index < -0.39 is 0 Å². The van der Waals surface area contributed by atoms with Crippen LogP contribution in [0.5, 0.6) is 0 Å². The molecule has 1 amide bonds. The van der Waals surface area contributed by atoms with Crippen molar-refractivity contribution in [2.75, 3.05) is 26.7 Å². The monoisotopic (exact) mass is 281 g/mol. The predicted octanol–water partition coefficient (Wildman–Crippen LogP) is 1.58. The average molecular weight is 281 g/mol. The minimum absolute atomic E-state index is 0.0907. The molecule has 0 aliphatic carbocycles. The second kappa shape index (κ2) is 7.97. The fourth-order valence-electron chi connectivity index (χ4n) is 2.20. The zero-order valence-corrected chi connectivity index (χ0v) is 12.5. The summed E-state index contributed by atoms with van der Waals surface area (Å²) in [6.07, 6.45) is 0. The van der Waals surface area contributed by atoms with Crippen LogP contribution in [-0.4, -0.2) is 42.4 Å². The Morgan fingerprint density at radius 3 is 2.35 bits per heavy atom. The molecule has 1 aromatic carbocycles. The van der Waals surface area contributed by atoms with Gasteiger partial charge in [0.25, 0.3) is 0 Å². The van der Waals surface area contributed by atoms with Gasteiger partial charge in [-0.15, -0.1) is 0 Å². The molecule has 1 rings (SSSR count). The minimum atomic E-state index is -0.286. The topological polar surface area (TPSA) is 49.6 Å². The first kappa shape index (κ1) is 16.6. The summed E-state index contributed by atoms with van der Waals surface area (Å²) in [5.41, 5.74) is 7.13. The Kier molecular flexibility index (Phi) is 6.61. The van der Waals surface area contributed by atoms with Gasteiger partial charge in [-0.3, -0.25) is 9.69 Å². The zero-order valence-electron chi connectivity index (χ0n) is 12.5. The fourth-order valence-corrected chi connectivity index (χ4v) is 2.20. The molecule has 0 atom stereocenters. The molecule has 2 N–H and O–H groups in total. The number of rotatable bonds is 7. The van der Waals surface area contributed by atoms with Crippen LogP contribution in [0.15, 0.2) is 18.2 Å². The summed E-state index contributed by atoms with van der Waals surface area (Å²) in [5, 5.41) is 0. The molecule has 0 radical (unpaired) electrons. The highest BCUT2D eigenvalue weighted by atomic mass is 19.1. The number of benzene rings is 1. The lowest BCUT2D eigenvalue weighted by Gasteiger charge is -2.23. The van der Waals surface area contributed by atoms with Gasteiger partial charge in [-0.25, -0.2) is 4.39 Å². The maximum Gasteiger partial charge on any atom is 0.236 e. The third kappa shape index (κ3) is 4.90. The molecule has 0 unspecified atom stereocenters. The van der Waals surface area contributed by atoms with Gasteiger partial charge in [-0.05, 0) is 44.2 Å². The summed E-state index contributed by atoms with van der Waals surface area (Å²) >= 11 is 0. The largest absolute Gasteiger partial charge is 0.342 e. The molecular formula is C15H24FN3O. The smallest absolute Gasteiger partial charge is 0.236 e. The molecule has 5 heteroatoms. The highest BCUT2D eigenvalue weighted by molar-refractivity contribution is 5.78. The zero-order chi connectivity index (χ0) is 15.1. The number of hydrogen-bond acceptors (Lipinski definition) is 3. The Labute approximate surface area is 120 Å². The molecular weight excluding hydrogens is 257 g/mol. The van der Waals surface area contributed by atoms with E-state index in [0.29, 0.717) is 32.7 Å². The summed E-state index contributed by atoms with van der Waals surface area (Å²) in [6, 6.07) is 4.80. The van der Waals surface area contributed by atoms with E-state index in [4.69, 9.17) is 5.73 Å². The van der Waals surface area contributed by atoms with Crippen molar-refractivity contribution >= 4 is 5.91 Å². The second-order valence-corrected chi connectivity index (χ2v) is 4.91. The number of carbonyl (C=O) groups is 1. The van der Waals surface area contributed by atoms with Crippen molar-refractivity contribution in [2.24, 2.45) is 5.73 Å². The third-order valence-corrected chi connectivity index (χ3v) is 3.23. The number of nitrogens with two attached hydrogens (primary N) is 1. The maximum absolute atomic E-state index is 13.4. The molecule has 112 valence electrons. The molecule has 1 aromatic rings. The van der Waals surface area contributed by atoms with Crippen molar-refractivity contribution in [1.82, 2.24) is 9.80 Å². The van der Waals surface area contributed by atoms with Gasteiger partial charge in [0.2, 0.25) is 5.91 Å². The number of hydrogen-bond donors (Lipinski definition) is 1. The Morgan fingerprint density at radius 2 is 1.80 bits per heavy atom. The molecule has 4 nitrogen and oxygen atoms in total. The van der Waals surface area contributed by atoms with Gasteiger partial charge in [-0.1, -0.05) is 6.07 Å². The van der Waals surface area contributed by atoms with Crippen molar-refractivity contribution in [3.05, 3.63) is 35.1 Å². The molecule has 0 spiro atoms. The predicted molar refractivity (Wildman–Crippen MR) is 78.6 cm³/mol. The first-order valence-corrected chi connectivity index (χ1v) is 6.94. The van der Waals surface area contributed by atoms with Crippen LogP contribution in [0, 0.1) is 5.82 Å². The fraction of sp³-hybridized carbons (Fsp3) is 0.533. The number of halogens is 1. The molecule has 0 fully saturated rings. The van der Waals surface area contributed by atoms with Gasteiger partial charge < -0.3 is 10.6 Å². The summed E-state index contributed by atoms with van der Waals surface area (Å²) in [7, 11) is 1.86. The first-order valence-electron chi connectivity index (χ1n) is 6.94. The number of likely N-dealkylation sites (N-methyl/N-ethyl adjacent to an activating group) is 2. The summed E-state index contributed by atoms with van der Waals surface area (Å²) in [6.45, 7) is 6.50. The van der Waals surface area contributed by atoms with Crippen molar-refractivity contribution in [2.45, 2.75) is 26.9 Å². The van der Waals surface area contributed by atoms with Gasteiger partial charge in [0.05, 0.1) is 6.54 Å². The van der Waals surface area contributed by atoms with Crippen molar-refractivity contribution < 1.29 is 9.18 Å². The Balaban J connectivity index is 2.64. The molecule has 0 bridgehead atoms. The summed E-state index contributed by atoms with van der Waals surface area (Å²) in [4.78, 5) is 15.7. The van der Waals surface area contributed by atoms with E-state index in [2.05, 4.69) is 0 Å². The Bertz CT molecular complexity index is 447. The van der Waals surface area contributed by atoms with Crippen LogP contribution in [0.1, 0.15) is 25.0 Å². The van der Waals surface area contributed by atoms with Gasteiger partial charge in [0.1, 0.15) is 5.82 Å². The Hall–Kier alpha value is -1.46. The van der Waals surface area contributed by atoms with E-state index in [1.165, 1.54) is 12.1 Å². The van der Waals surface area contributed by atoms with Crippen LogP contribution in [0.3, 0.4) is 0 Å². The standard InChI is InChI=1S/C15H24FN3O/c1-4-19(5-2)15(20)11-18(3)10-13-6-12(9-17)7-14(16)8-13/h6-8H,4-5,9-11,17H2,1-3H3. The second-order valence-electron chi connectivity index (χ2n) is 4.91. The van der Waals surface area contributed by atoms with Crippen LogP contribution in [-0.2, 0) is 17.9 Å². The highest BCUT2D eigenvalue weighted by Crippen LogP contribution is 2.11. The summed E-state index contributed by atoms with van der Waals surface area (Å²) < 4.78 is 13.4. The lowest BCUT2D eigenvalue weighted by Crippen LogP contribution is -2.38. The van der Waals surface area contributed by atoms with Crippen LogP contribution < -0.4 is 5.73 Å². The number of amides is 1. The van der Waals surface area contributed by atoms with Crippen molar-refractivity contribution in [3.8, 4) is 0 Å². The minimum Gasteiger partial charge on any atom is -0.342 e. The van der Waals surface area contributed by atoms with Gasteiger partial charge in [-0.2, -0.15) is 0 Å². The molecule has 20 heavy (non-hydrogen) atoms. The lowest BCUT2D eigenvalue weighted by atomic mass is 10.1. The van der Waals surface area contributed by atoms with E-state index in [-0.39, 0.29) is 11.7 Å². The van der Waals surface area contributed by atoms with E-state index in [0.717, 1.165) is 11.1 Å². The van der Waals surface area contributed by atoms with Crippen LogP contribution in [0.2, 0.25) is 0 Å². The van der Waals surface area contributed by atoms with Crippen LogP contribution in [0.25, 0.3) is 0 Å². The van der Waals surface area contributed by atoms with E-state index >= 15 is 0 Å². The van der Waals surface area contributed by atoms with Crippen molar-refractivity contribution in [3.63, 3.8) is 0 Å². The SMILES string of the molecule is CCN(CC)C(=O)CN(C)Cc1cc(F)cc(CN)c1. The molecule has 0 saturated carbocycles. The van der Waals surface area contributed by atoms with Gasteiger partial charge in [0, 0.05) is 26.2 Å². The van der Waals surface area contributed by atoms with Crippen molar-refractivity contribution in [1.29, 1.82) is 0 Å². The van der Waals surface area contributed by atoms with Crippen LogP contribution in [0.4, 0.5) is 4.39 Å². The lowest BCUT2D eigenvalue weighted by molar-refractivity contribution is -0.131. The van der Waals surface area contributed by atoms with Gasteiger partial charge in [0.15, 0.2) is 0 Å². The maximum atomic E-state index is 13.4. The molecule has 0 saturated heterocycles. The number of carbonyl (C=O) groups excluding carboxylic acids is 1. The molecule has 0 aromatic heterocycles. The number of nitrogens with zero attached hydrogens (tertiary/aromatic N) is 2.